The van der Waals surface area contributed by atoms with Crippen LogP contribution in [0.15, 0.2) is 30.5 Å². The average Bonchev–Trinajstić information content (AvgIpc) is 3.22. The second-order valence-electron chi connectivity index (χ2n) is 6.85. The smallest absolute Gasteiger partial charge is 0.254 e. The molecule has 0 bridgehead atoms. The lowest BCUT2D eigenvalue weighted by atomic mass is 10.0. The molecule has 25 heavy (non-hydrogen) atoms. The lowest BCUT2D eigenvalue weighted by Crippen LogP contribution is -2.37. The molecule has 1 saturated heterocycles. The topological polar surface area (TPSA) is 59.0 Å². The van der Waals surface area contributed by atoms with Crippen LogP contribution in [-0.2, 0) is 0 Å². The molecular weight excluding hydrogens is 336 g/mol. The number of benzene rings is 1. The van der Waals surface area contributed by atoms with Gasteiger partial charge in [0.1, 0.15) is 0 Å². The van der Waals surface area contributed by atoms with Gasteiger partial charge in [-0.2, -0.15) is 5.10 Å². The van der Waals surface area contributed by atoms with Crippen molar-refractivity contribution >= 4 is 18.3 Å². The summed E-state index contributed by atoms with van der Waals surface area (Å²) in [5.41, 5.74) is 3.82. The summed E-state index contributed by atoms with van der Waals surface area (Å²) in [5, 5.41) is 10.9. The molecule has 6 heteroatoms. The molecule has 5 nitrogen and oxygen atoms in total. The fraction of sp³-hybridized carbons (Fsp3) is 0.474. The summed E-state index contributed by atoms with van der Waals surface area (Å²) in [4.78, 5) is 12.6. The Morgan fingerprint density at radius 2 is 2.08 bits per heavy atom. The third-order valence-electron chi connectivity index (χ3n) is 4.55. The third kappa shape index (κ3) is 4.41. The van der Waals surface area contributed by atoms with Crippen LogP contribution in [0.1, 0.15) is 54.2 Å². The standard InChI is InChI=1S/C19H26N4O.ClH/c1-13(2)18-17(19(24)21-11-15-5-4-10-20-15)12-22-23(18)16-8-6-14(3)7-9-16;/h6-9,12-13,15,20H,4-5,10-11H2,1-3H3,(H,21,24);1H. The summed E-state index contributed by atoms with van der Waals surface area (Å²) >= 11 is 0. The number of aryl methyl sites for hydroxylation is 1. The second kappa shape index (κ2) is 8.50. The van der Waals surface area contributed by atoms with Crippen LogP contribution in [-0.4, -0.2) is 34.8 Å². The van der Waals surface area contributed by atoms with Gasteiger partial charge in [0.2, 0.25) is 0 Å². The number of amides is 1. The van der Waals surface area contributed by atoms with Gasteiger partial charge in [0.05, 0.1) is 23.1 Å². The van der Waals surface area contributed by atoms with Crippen molar-refractivity contribution in [3.63, 3.8) is 0 Å². The quantitative estimate of drug-likeness (QED) is 0.858. The zero-order valence-corrected chi connectivity index (χ0v) is 15.9. The molecule has 1 unspecified atom stereocenters. The Labute approximate surface area is 155 Å². The number of nitrogens with zero attached hydrogens (tertiary/aromatic N) is 2. The number of hydrogen-bond acceptors (Lipinski definition) is 3. The van der Waals surface area contributed by atoms with Crippen LogP contribution < -0.4 is 10.6 Å². The fourth-order valence-electron chi connectivity index (χ4n) is 3.22. The van der Waals surface area contributed by atoms with E-state index in [1.807, 2.05) is 16.8 Å². The highest BCUT2D eigenvalue weighted by atomic mass is 35.5. The van der Waals surface area contributed by atoms with Crippen LogP contribution in [0.3, 0.4) is 0 Å². The molecule has 2 aromatic rings. The molecule has 2 N–H and O–H groups in total. The Balaban J connectivity index is 0.00000225. The Hall–Kier alpha value is -1.85. The first-order chi connectivity index (χ1) is 11.6. The van der Waals surface area contributed by atoms with Gasteiger partial charge in [-0.3, -0.25) is 4.79 Å². The summed E-state index contributed by atoms with van der Waals surface area (Å²) in [6, 6.07) is 8.60. The summed E-state index contributed by atoms with van der Waals surface area (Å²) in [5.74, 6) is 0.171. The van der Waals surface area contributed by atoms with Gasteiger partial charge in [-0.25, -0.2) is 4.68 Å². The Morgan fingerprint density at radius 3 is 2.68 bits per heavy atom. The largest absolute Gasteiger partial charge is 0.350 e. The van der Waals surface area contributed by atoms with Gasteiger partial charge in [0.15, 0.2) is 0 Å². The van der Waals surface area contributed by atoms with E-state index in [1.54, 1.807) is 6.20 Å². The first-order valence-corrected chi connectivity index (χ1v) is 8.73. The number of halogens is 1. The highest BCUT2D eigenvalue weighted by Crippen LogP contribution is 2.23. The van der Waals surface area contributed by atoms with Crippen LogP contribution in [0.4, 0.5) is 0 Å². The SMILES string of the molecule is Cc1ccc(-n2ncc(C(=O)NCC3CCCN3)c2C(C)C)cc1.Cl. The number of carbonyl (C=O) groups is 1. The van der Waals surface area contributed by atoms with Crippen LogP contribution in [0.2, 0.25) is 0 Å². The van der Waals surface area contributed by atoms with Gasteiger partial charge in [-0.05, 0) is 44.4 Å². The zero-order valence-electron chi connectivity index (χ0n) is 15.1. The molecule has 136 valence electrons. The fourth-order valence-corrected chi connectivity index (χ4v) is 3.22. The van der Waals surface area contributed by atoms with E-state index in [4.69, 9.17) is 0 Å². The van der Waals surface area contributed by atoms with Crippen LogP contribution in [0.5, 0.6) is 0 Å². The molecule has 1 aromatic carbocycles. The molecule has 0 saturated carbocycles. The van der Waals surface area contributed by atoms with E-state index in [9.17, 15) is 4.79 Å². The molecule has 0 aliphatic carbocycles. The second-order valence-corrected chi connectivity index (χ2v) is 6.85. The van der Waals surface area contributed by atoms with E-state index in [0.717, 1.165) is 24.3 Å². The minimum atomic E-state index is -0.0363. The van der Waals surface area contributed by atoms with Crippen molar-refractivity contribution < 1.29 is 4.79 Å². The van der Waals surface area contributed by atoms with Crippen molar-refractivity contribution in [3.8, 4) is 5.69 Å². The van der Waals surface area contributed by atoms with Gasteiger partial charge in [-0.15, -0.1) is 12.4 Å². The van der Waals surface area contributed by atoms with E-state index in [-0.39, 0.29) is 24.2 Å². The van der Waals surface area contributed by atoms with Gasteiger partial charge in [0.25, 0.3) is 5.91 Å². The third-order valence-corrected chi connectivity index (χ3v) is 4.55. The Morgan fingerprint density at radius 1 is 1.36 bits per heavy atom. The summed E-state index contributed by atoms with van der Waals surface area (Å²) in [6.45, 7) is 7.97. The highest BCUT2D eigenvalue weighted by Gasteiger charge is 2.22. The monoisotopic (exact) mass is 362 g/mol. The van der Waals surface area contributed by atoms with E-state index in [1.165, 1.54) is 12.0 Å². The van der Waals surface area contributed by atoms with Gasteiger partial charge < -0.3 is 10.6 Å². The highest BCUT2D eigenvalue weighted by molar-refractivity contribution is 5.95. The summed E-state index contributed by atoms with van der Waals surface area (Å²) in [7, 11) is 0. The molecule has 0 spiro atoms. The maximum absolute atomic E-state index is 12.6. The number of rotatable bonds is 5. The van der Waals surface area contributed by atoms with Crippen molar-refractivity contribution in [2.75, 3.05) is 13.1 Å². The molecule has 1 atom stereocenters. The molecule has 1 aliphatic rings. The number of nitrogens with one attached hydrogen (secondary N) is 2. The number of carbonyl (C=O) groups excluding carboxylic acids is 1. The minimum Gasteiger partial charge on any atom is -0.350 e. The molecule has 3 rings (SSSR count). The molecule has 1 aromatic heterocycles. The average molecular weight is 363 g/mol. The number of aromatic nitrogens is 2. The summed E-state index contributed by atoms with van der Waals surface area (Å²) in [6.07, 6.45) is 4.00. The lowest BCUT2D eigenvalue weighted by molar-refractivity contribution is 0.0949. The van der Waals surface area contributed by atoms with E-state index in [0.29, 0.717) is 18.2 Å². The molecule has 1 aliphatic heterocycles. The molecule has 1 fully saturated rings. The van der Waals surface area contributed by atoms with Crippen LogP contribution in [0.25, 0.3) is 5.69 Å². The van der Waals surface area contributed by atoms with Crippen LogP contribution >= 0.6 is 12.4 Å². The van der Waals surface area contributed by atoms with Crippen molar-refractivity contribution in [2.45, 2.75) is 45.6 Å². The Bertz CT molecular complexity index is 703. The molecule has 1 amide bonds. The van der Waals surface area contributed by atoms with Crippen molar-refractivity contribution in [2.24, 2.45) is 0 Å². The maximum Gasteiger partial charge on any atom is 0.254 e. The summed E-state index contributed by atoms with van der Waals surface area (Å²) < 4.78 is 1.88. The zero-order chi connectivity index (χ0) is 17.1. The first-order valence-electron chi connectivity index (χ1n) is 8.73. The first kappa shape index (κ1) is 19.5. The molecular formula is C19H27ClN4O. The maximum atomic E-state index is 12.6. The normalized spacial score (nSPS) is 16.7. The Kier molecular flexibility index (Phi) is 6.62. The predicted molar refractivity (Wildman–Crippen MR) is 103 cm³/mol. The van der Waals surface area contributed by atoms with E-state index < -0.39 is 0 Å². The lowest BCUT2D eigenvalue weighted by Gasteiger charge is -2.14. The molecule has 2 heterocycles. The minimum absolute atomic E-state index is 0. The van der Waals surface area contributed by atoms with Crippen molar-refractivity contribution in [3.05, 3.63) is 47.3 Å². The molecule has 0 radical (unpaired) electrons. The van der Waals surface area contributed by atoms with Crippen molar-refractivity contribution in [1.29, 1.82) is 0 Å². The van der Waals surface area contributed by atoms with E-state index >= 15 is 0 Å². The predicted octanol–water partition coefficient (Wildman–Crippen LogP) is 3.21. The van der Waals surface area contributed by atoms with Crippen molar-refractivity contribution in [1.82, 2.24) is 20.4 Å². The van der Waals surface area contributed by atoms with E-state index in [2.05, 4.69) is 48.6 Å². The van der Waals surface area contributed by atoms with Crippen LogP contribution in [0, 0.1) is 6.92 Å². The van der Waals surface area contributed by atoms with Gasteiger partial charge in [-0.1, -0.05) is 31.5 Å². The number of hydrogen-bond donors (Lipinski definition) is 2. The van der Waals surface area contributed by atoms with Gasteiger partial charge >= 0.3 is 0 Å². The van der Waals surface area contributed by atoms with Gasteiger partial charge in [0, 0.05) is 12.6 Å².